The van der Waals surface area contributed by atoms with E-state index in [-0.39, 0.29) is 12.5 Å². The molecule has 1 N–H and O–H groups in total. The van der Waals surface area contributed by atoms with Crippen LogP contribution in [0.4, 0.5) is 5.69 Å². The van der Waals surface area contributed by atoms with E-state index in [4.69, 9.17) is 0 Å². The Bertz CT molecular complexity index is 485. The van der Waals surface area contributed by atoms with E-state index in [1.54, 1.807) is 14.1 Å². The van der Waals surface area contributed by atoms with Crippen molar-refractivity contribution in [3.05, 3.63) is 29.8 Å². The standard InChI is InChI=1S/C13H16N2O3/c1-14(2)12(16)8-15-7-10(13(17)18)9-5-3-4-6-11(9)15/h3-6,10H,7-8H2,1-2H3,(H,17,18). The minimum absolute atomic E-state index is 0.0316. The third-order valence-electron chi connectivity index (χ3n) is 3.18. The molecule has 0 aromatic heterocycles. The van der Waals surface area contributed by atoms with Crippen LogP contribution >= 0.6 is 0 Å². The van der Waals surface area contributed by atoms with Crippen LogP contribution in [-0.4, -0.2) is 49.1 Å². The maximum Gasteiger partial charge on any atom is 0.312 e. The first kappa shape index (κ1) is 12.4. The van der Waals surface area contributed by atoms with Crippen LogP contribution < -0.4 is 4.90 Å². The summed E-state index contributed by atoms with van der Waals surface area (Å²) in [7, 11) is 3.39. The largest absolute Gasteiger partial charge is 0.481 e. The number of amides is 1. The third-order valence-corrected chi connectivity index (χ3v) is 3.18. The molecule has 1 aromatic carbocycles. The van der Waals surface area contributed by atoms with E-state index < -0.39 is 11.9 Å². The van der Waals surface area contributed by atoms with Gasteiger partial charge in [-0.1, -0.05) is 18.2 Å². The van der Waals surface area contributed by atoms with Crippen LogP contribution in [0.3, 0.4) is 0 Å². The summed E-state index contributed by atoms with van der Waals surface area (Å²) in [6.07, 6.45) is 0. The monoisotopic (exact) mass is 248 g/mol. The molecular formula is C13H16N2O3. The average Bonchev–Trinajstić information content (AvgIpc) is 2.68. The molecule has 1 atom stereocenters. The van der Waals surface area contributed by atoms with E-state index in [9.17, 15) is 14.7 Å². The Kier molecular flexibility index (Phi) is 3.23. The maximum absolute atomic E-state index is 11.7. The fourth-order valence-corrected chi connectivity index (χ4v) is 2.15. The Morgan fingerprint density at radius 1 is 1.39 bits per heavy atom. The molecule has 5 heteroatoms. The lowest BCUT2D eigenvalue weighted by atomic mass is 10.0. The van der Waals surface area contributed by atoms with Crippen LogP contribution in [0, 0.1) is 0 Å². The second kappa shape index (κ2) is 4.68. The number of carbonyl (C=O) groups is 2. The fourth-order valence-electron chi connectivity index (χ4n) is 2.15. The number of fused-ring (bicyclic) bond motifs is 1. The number of rotatable bonds is 3. The van der Waals surface area contributed by atoms with Crippen LogP contribution in [0.25, 0.3) is 0 Å². The van der Waals surface area contributed by atoms with Gasteiger partial charge >= 0.3 is 5.97 Å². The summed E-state index contributed by atoms with van der Waals surface area (Å²) in [5.74, 6) is -1.42. The number of benzene rings is 1. The summed E-state index contributed by atoms with van der Waals surface area (Å²) >= 11 is 0. The Morgan fingerprint density at radius 3 is 2.67 bits per heavy atom. The molecule has 0 aliphatic carbocycles. The van der Waals surface area contributed by atoms with Gasteiger partial charge in [0.2, 0.25) is 5.91 Å². The Labute approximate surface area is 106 Å². The molecule has 96 valence electrons. The number of aliphatic carboxylic acids is 1. The van der Waals surface area contributed by atoms with E-state index in [1.807, 2.05) is 29.2 Å². The van der Waals surface area contributed by atoms with Crippen molar-refractivity contribution < 1.29 is 14.7 Å². The zero-order valence-corrected chi connectivity index (χ0v) is 10.5. The molecule has 0 radical (unpaired) electrons. The van der Waals surface area contributed by atoms with Gasteiger partial charge in [0.1, 0.15) is 5.92 Å². The van der Waals surface area contributed by atoms with Gasteiger partial charge in [0.05, 0.1) is 6.54 Å². The highest BCUT2D eigenvalue weighted by Gasteiger charge is 2.34. The highest BCUT2D eigenvalue weighted by Crippen LogP contribution is 2.35. The summed E-state index contributed by atoms with van der Waals surface area (Å²) in [6.45, 7) is 0.571. The molecule has 1 aliphatic rings. The van der Waals surface area contributed by atoms with Gasteiger partial charge in [-0.3, -0.25) is 9.59 Å². The molecule has 1 heterocycles. The Balaban J connectivity index is 2.26. The molecule has 0 spiro atoms. The van der Waals surface area contributed by atoms with Gasteiger partial charge in [-0.25, -0.2) is 0 Å². The number of anilines is 1. The van der Waals surface area contributed by atoms with Crippen molar-refractivity contribution in [2.75, 3.05) is 32.1 Å². The van der Waals surface area contributed by atoms with Gasteiger partial charge in [0, 0.05) is 26.3 Å². The highest BCUT2D eigenvalue weighted by atomic mass is 16.4. The fraction of sp³-hybridized carbons (Fsp3) is 0.385. The van der Waals surface area contributed by atoms with Gasteiger partial charge < -0.3 is 14.9 Å². The summed E-state index contributed by atoms with van der Waals surface area (Å²) in [6, 6.07) is 7.36. The molecule has 0 saturated heterocycles. The molecule has 1 unspecified atom stereocenters. The van der Waals surface area contributed by atoms with E-state index in [2.05, 4.69) is 0 Å². The first-order valence-corrected chi connectivity index (χ1v) is 5.77. The van der Waals surface area contributed by atoms with Crippen molar-refractivity contribution in [1.82, 2.24) is 4.90 Å². The van der Waals surface area contributed by atoms with Crippen molar-refractivity contribution in [3.63, 3.8) is 0 Å². The molecule has 0 bridgehead atoms. The molecule has 0 saturated carbocycles. The molecule has 1 aromatic rings. The zero-order valence-electron chi connectivity index (χ0n) is 10.5. The smallest absolute Gasteiger partial charge is 0.312 e. The number of carboxylic acids is 1. The molecule has 5 nitrogen and oxygen atoms in total. The van der Waals surface area contributed by atoms with Gasteiger partial charge in [0.25, 0.3) is 0 Å². The number of carbonyl (C=O) groups excluding carboxylic acids is 1. The number of carboxylic acid groups (broad SMARTS) is 1. The topological polar surface area (TPSA) is 60.9 Å². The highest BCUT2D eigenvalue weighted by molar-refractivity contribution is 5.87. The van der Waals surface area contributed by atoms with Gasteiger partial charge in [-0.2, -0.15) is 0 Å². The number of likely N-dealkylation sites (N-methyl/N-ethyl adjacent to an activating group) is 1. The van der Waals surface area contributed by atoms with Crippen molar-refractivity contribution in [3.8, 4) is 0 Å². The number of hydrogen-bond acceptors (Lipinski definition) is 3. The second-order valence-electron chi connectivity index (χ2n) is 4.62. The molecule has 2 rings (SSSR count). The van der Waals surface area contributed by atoms with Crippen molar-refractivity contribution in [2.24, 2.45) is 0 Å². The predicted molar refractivity (Wildman–Crippen MR) is 67.7 cm³/mol. The summed E-state index contributed by atoms with van der Waals surface area (Å²) < 4.78 is 0. The van der Waals surface area contributed by atoms with Gasteiger partial charge in [-0.05, 0) is 11.6 Å². The summed E-state index contributed by atoms with van der Waals surface area (Å²) in [5.41, 5.74) is 1.64. The lowest BCUT2D eigenvalue weighted by Gasteiger charge is -2.21. The number of para-hydroxylation sites is 1. The van der Waals surface area contributed by atoms with E-state index in [0.29, 0.717) is 6.54 Å². The van der Waals surface area contributed by atoms with E-state index >= 15 is 0 Å². The zero-order chi connectivity index (χ0) is 13.3. The maximum atomic E-state index is 11.7. The summed E-state index contributed by atoms with van der Waals surface area (Å²) in [4.78, 5) is 26.3. The van der Waals surface area contributed by atoms with Crippen LogP contribution in [0.5, 0.6) is 0 Å². The van der Waals surface area contributed by atoms with E-state index in [0.717, 1.165) is 11.3 Å². The van der Waals surface area contributed by atoms with E-state index in [1.165, 1.54) is 4.90 Å². The van der Waals surface area contributed by atoms with Gasteiger partial charge in [-0.15, -0.1) is 0 Å². The normalized spacial score (nSPS) is 17.4. The lowest BCUT2D eigenvalue weighted by Crippen LogP contribution is -2.36. The van der Waals surface area contributed by atoms with Crippen molar-refractivity contribution in [1.29, 1.82) is 0 Å². The molecule has 1 aliphatic heterocycles. The molecule has 1 amide bonds. The predicted octanol–water partition coefficient (Wildman–Crippen LogP) is 0.763. The number of nitrogens with zero attached hydrogens (tertiary/aromatic N) is 2. The molecule has 18 heavy (non-hydrogen) atoms. The lowest BCUT2D eigenvalue weighted by molar-refractivity contribution is -0.138. The van der Waals surface area contributed by atoms with Crippen molar-refractivity contribution >= 4 is 17.6 Å². The first-order chi connectivity index (χ1) is 8.50. The van der Waals surface area contributed by atoms with Crippen molar-refractivity contribution in [2.45, 2.75) is 5.92 Å². The molecule has 0 fully saturated rings. The summed E-state index contributed by atoms with van der Waals surface area (Å²) in [5, 5.41) is 9.20. The van der Waals surface area contributed by atoms with Crippen LogP contribution in [0.1, 0.15) is 11.5 Å². The quantitative estimate of drug-likeness (QED) is 0.858. The Hall–Kier alpha value is -2.04. The average molecular weight is 248 g/mol. The minimum atomic E-state index is -0.845. The van der Waals surface area contributed by atoms with Crippen LogP contribution in [0.15, 0.2) is 24.3 Å². The number of hydrogen-bond donors (Lipinski definition) is 1. The third kappa shape index (κ3) is 2.16. The first-order valence-electron chi connectivity index (χ1n) is 5.77. The van der Waals surface area contributed by atoms with Crippen LogP contribution in [0.2, 0.25) is 0 Å². The van der Waals surface area contributed by atoms with Crippen LogP contribution in [-0.2, 0) is 9.59 Å². The molecular weight excluding hydrogens is 232 g/mol. The SMILES string of the molecule is CN(C)C(=O)CN1CC(C(=O)O)c2ccccc21. The Morgan fingerprint density at radius 2 is 2.06 bits per heavy atom. The minimum Gasteiger partial charge on any atom is -0.481 e. The van der Waals surface area contributed by atoms with Gasteiger partial charge in [0.15, 0.2) is 0 Å². The second-order valence-corrected chi connectivity index (χ2v) is 4.62.